The summed E-state index contributed by atoms with van der Waals surface area (Å²) in [5.74, 6) is -0.176. The summed E-state index contributed by atoms with van der Waals surface area (Å²) in [6, 6.07) is 15.2. The standard InChI is InChI=1S/C21H24FN3O/c1-2-23-21(26)18-13-15-5-3-4-6-19(15)25-12-11-24(14-20(18)25)17-9-7-16(22)8-10-17/h3-10,18,20H,2,11-14H2,1H3,(H,23,26)/t18-,20-/m0/s1. The van der Waals surface area contributed by atoms with Crippen LogP contribution < -0.4 is 15.1 Å². The summed E-state index contributed by atoms with van der Waals surface area (Å²) in [7, 11) is 0. The molecule has 0 saturated carbocycles. The first-order valence-corrected chi connectivity index (χ1v) is 9.30. The van der Waals surface area contributed by atoms with Crippen molar-refractivity contribution in [1.29, 1.82) is 0 Å². The van der Waals surface area contributed by atoms with Gasteiger partial charge in [-0.25, -0.2) is 4.39 Å². The lowest BCUT2D eigenvalue weighted by Gasteiger charge is -2.49. The first kappa shape index (κ1) is 16.9. The molecule has 1 amide bonds. The van der Waals surface area contributed by atoms with E-state index < -0.39 is 0 Å². The van der Waals surface area contributed by atoms with E-state index in [1.54, 1.807) is 0 Å². The minimum absolute atomic E-state index is 0.0758. The van der Waals surface area contributed by atoms with Crippen LogP contribution in [0.2, 0.25) is 0 Å². The van der Waals surface area contributed by atoms with Crippen LogP contribution in [0.1, 0.15) is 12.5 Å². The molecular formula is C21H24FN3O. The van der Waals surface area contributed by atoms with Gasteiger partial charge in [0.1, 0.15) is 5.82 Å². The number of carbonyl (C=O) groups is 1. The molecule has 0 radical (unpaired) electrons. The number of hydrogen-bond donors (Lipinski definition) is 1. The highest BCUT2D eigenvalue weighted by atomic mass is 19.1. The molecule has 2 aromatic carbocycles. The van der Waals surface area contributed by atoms with Gasteiger partial charge in [-0.1, -0.05) is 18.2 Å². The summed E-state index contributed by atoms with van der Waals surface area (Å²) in [5, 5.41) is 3.01. The molecule has 4 rings (SSSR count). The quantitative estimate of drug-likeness (QED) is 0.922. The summed E-state index contributed by atoms with van der Waals surface area (Å²) in [5.41, 5.74) is 3.51. The van der Waals surface area contributed by atoms with Crippen LogP contribution in [0.25, 0.3) is 0 Å². The molecule has 0 aromatic heterocycles. The van der Waals surface area contributed by atoms with Crippen molar-refractivity contribution < 1.29 is 9.18 Å². The zero-order valence-corrected chi connectivity index (χ0v) is 15.0. The smallest absolute Gasteiger partial charge is 0.225 e. The Morgan fingerprint density at radius 1 is 1.15 bits per heavy atom. The molecule has 2 aliphatic heterocycles. The van der Waals surface area contributed by atoms with Gasteiger partial charge in [0, 0.05) is 37.6 Å². The highest BCUT2D eigenvalue weighted by Gasteiger charge is 2.41. The molecule has 1 fully saturated rings. The van der Waals surface area contributed by atoms with Gasteiger partial charge in [0.15, 0.2) is 0 Å². The molecule has 5 heteroatoms. The molecule has 26 heavy (non-hydrogen) atoms. The van der Waals surface area contributed by atoms with Gasteiger partial charge < -0.3 is 15.1 Å². The molecular weight excluding hydrogens is 329 g/mol. The van der Waals surface area contributed by atoms with Gasteiger partial charge in [0.2, 0.25) is 5.91 Å². The molecule has 1 saturated heterocycles. The van der Waals surface area contributed by atoms with Gasteiger partial charge >= 0.3 is 0 Å². The van der Waals surface area contributed by atoms with Crippen LogP contribution in [0, 0.1) is 11.7 Å². The summed E-state index contributed by atoms with van der Waals surface area (Å²) in [6.45, 7) is 5.08. The molecule has 0 unspecified atom stereocenters. The molecule has 2 aromatic rings. The van der Waals surface area contributed by atoms with Crippen LogP contribution in [-0.2, 0) is 11.2 Å². The highest BCUT2D eigenvalue weighted by Crippen LogP contribution is 2.36. The number of piperazine rings is 1. The Balaban J connectivity index is 1.64. The molecule has 0 spiro atoms. The summed E-state index contributed by atoms with van der Waals surface area (Å²) < 4.78 is 13.3. The van der Waals surface area contributed by atoms with Crippen molar-refractivity contribution in [3.05, 3.63) is 59.9 Å². The molecule has 2 aliphatic rings. The maximum Gasteiger partial charge on any atom is 0.225 e. The third kappa shape index (κ3) is 3.02. The minimum atomic E-state index is -0.223. The normalized spacial score (nSPS) is 21.8. The summed E-state index contributed by atoms with van der Waals surface area (Å²) in [4.78, 5) is 17.4. The fourth-order valence-electron chi connectivity index (χ4n) is 4.25. The van der Waals surface area contributed by atoms with Crippen molar-refractivity contribution >= 4 is 17.3 Å². The van der Waals surface area contributed by atoms with Crippen LogP contribution in [0.3, 0.4) is 0 Å². The second-order valence-corrected chi connectivity index (χ2v) is 7.02. The van der Waals surface area contributed by atoms with Gasteiger partial charge in [0.05, 0.1) is 12.0 Å². The number of nitrogens with one attached hydrogen (secondary N) is 1. The number of nitrogens with zero attached hydrogens (tertiary/aromatic N) is 2. The number of halogens is 1. The second kappa shape index (κ2) is 6.98. The zero-order valence-electron chi connectivity index (χ0n) is 15.0. The second-order valence-electron chi connectivity index (χ2n) is 7.02. The predicted octanol–water partition coefficient (Wildman–Crippen LogP) is 2.83. The average molecular weight is 353 g/mol. The van der Waals surface area contributed by atoms with Crippen LogP contribution in [0.15, 0.2) is 48.5 Å². The fraction of sp³-hybridized carbons (Fsp3) is 0.381. The molecule has 2 heterocycles. The van der Waals surface area contributed by atoms with Gasteiger partial charge in [-0.3, -0.25) is 4.79 Å². The van der Waals surface area contributed by atoms with E-state index >= 15 is 0 Å². The van der Waals surface area contributed by atoms with Crippen LogP contribution in [0.5, 0.6) is 0 Å². The highest BCUT2D eigenvalue weighted by molar-refractivity contribution is 5.82. The Morgan fingerprint density at radius 3 is 2.69 bits per heavy atom. The Hall–Kier alpha value is -2.56. The Bertz CT molecular complexity index is 792. The SMILES string of the molecule is CCNC(=O)[C@H]1Cc2ccccc2N2CCN(c3ccc(F)cc3)C[C@@H]12. The Kier molecular flexibility index (Phi) is 4.53. The maximum absolute atomic E-state index is 13.3. The first-order chi connectivity index (χ1) is 12.7. The molecule has 1 N–H and O–H groups in total. The number of fused-ring (bicyclic) bond motifs is 3. The van der Waals surface area contributed by atoms with Gasteiger partial charge in [0.25, 0.3) is 0 Å². The van der Waals surface area contributed by atoms with Crippen molar-refractivity contribution in [1.82, 2.24) is 5.32 Å². The fourth-order valence-corrected chi connectivity index (χ4v) is 4.25. The van der Waals surface area contributed by atoms with Gasteiger partial charge in [-0.2, -0.15) is 0 Å². The maximum atomic E-state index is 13.3. The minimum Gasteiger partial charge on any atom is -0.368 e. The first-order valence-electron chi connectivity index (χ1n) is 9.30. The number of rotatable bonds is 3. The van der Waals surface area contributed by atoms with Crippen LogP contribution in [-0.4, -0.2) is 38.1 Å². The van der Waals surface area contributed by atoms with E-state index in [1.165, 1.54) is 23.4 Å². The Labute approximate surface area is 153 Å². The van der Waals surface area contributed by atoms with Crippen LogP contribution >= 0.6 is 0 Å². The van der Waals surface area contributed by atoms with Crippen molar-refractivity contribution in [3.8, 4) is 0 Å². The van der Waals surface area contributed by atoms with E-state index in [0.29, 0.717) is 6.54 Å². The van der Waals surface area contributed by atoms with E-state index in [2.05, 4.69) is 33.3 Å². The van der Waals surface area contributed by atoms with E-state index in [0.717, 1.165) is 31.7 Å². The number of hydrogen-bond acceptors (Lipinski definition) is 3. The van der Waals surface area contributed by atoms with Crippen LogP contribution in [0.4, 0.5) is 15.8 Å². The van der Waals surface area contributed by atoms with Crippen molar-refractivity contribution in [2.45, 2.75) is 19.4 Å². The average Bonchev–Trinajstić information content (AvgIpc) is 2.67. The predicted molar refractivity (Wildman–Crippen MR) is 102 cm³/mol. The third-order valence-corrected chi connectivity index (χ3v) is 5.50. The molecule has 2 atom stereocenters. The lowest BCUT2D eigenvalue weighted by Crippen LogP contribution is -2.61. The lowest BCUT2D eigenvalue weighted by atomic mass is 9.83. The number of amides is 1. The van der Waals surface area contributed by atoms with Gasteiger partial charge in [-0.15, -0.1) is 0 Å². The number of para-hydroxylation sites is 1. The Morgan fingerprint density at radius 2 is 1.92 bits per heavy atom. The summed E-state index contributed by atoms with van der Waals surface area (Å²) >= 11 is 0. The third-order valence-electron chi connectivity index (χ3n) is 5.50. The van der Waals surface area contributed by atoms with E-state index in [4.69, 9.17) is 0 Å². The number of anilines is 2. The number of carbonyl (C=O) groups excluding carboxylic acids is 1. The zero-order chi connectivity index (χ0) is 18.1. The van der Waals surface area contributed by atoms with Crippen molar-refractivity contribution in [3.63, 3.8) is 0 Å². The molecule has 4 nitrogen and oxygen atoms in total. The van der Waals surface area contributed by atoms with Crippen molar-refractivity contribution in [2.24, 2.45) is 5.92 Å². The van der Waals surface area contributed by atoms with E-state index in [9.17, 15) is 9.18 Å². The monoisotopic (exact) mass is 353 g/mol. The van der Waals surface area contributed by atoms with Gasteiger partial charge in [-0.05, 0) is 49.2 Å². The molecule has 136 valence electrons. The van der Waals surface area contributed by atoms with Crippen molar-refractivity contribution in [2.75, 3.05) is 36.0 Å². The largest absolute Gasteiger partial charge is 0.368 e. The van der Waals surface area contributed by atoms with E-state index in [-0.39, 0.29) is 23.7 Å². The topological polar surface area (TPSA) is 35.6 Å². The lowest BCUT2D eigenvalue weighted by molar-refractivity contribution is -0.125. The van der Waals surface area contributed by atoms with E-state index in [1.807, 2.05) is 25.1 Å². The summed E-state index contributed by atoms with van der Waals surface area (Å²) in [6.07, 6.45) is 0.764. The molecule has 0 bridgehead atoms. The number of benzene rings is 2. The molecule has 0 aliphatic carbocycles.